The normalized spacial score (nSPS) is 15.4. The number of carbonyl (C=O) groups is 2. The molecule has 0 aromatic heterocycles. The summed E-state index contributed by atoms with van der Waals surface area (Å²) < 4.78 is 5.73. The van der Waals surface area contributed by atoms with Crippen LogP contribution in [0.1, 0.15) is 22.0 Å². The van der Waals surface area contributed by atoms with E-state index in [-0.39, 0.29) is 5.91 Å². The van der Waals surface area contributed by atoms with Crippen LogP contribution in [-0.2, 0) is 4.79 Å². The Balaban J connectivity index is 1.67. The minimum absolute atomic E-state index is 0.0125. The summed E-state index contributed by atoms with van der Waals surface area (Å²) in [7, 11) is 0. The van der Waals surface area contributed by atoms with Gasteiger partial charge >= 0.3 is 0 Å². The Kier molecular flexibility index (Phi) is 5.30. The average molecular weight is 339 g/mol. The lowest BCUT2D eigenvalue weighted by Gasteiger charge is -2.27. The van der Waals surface area contributed by atoms with Gasteiger partial charge in [-0.1, -0.05) is 12.1 Å². The molecule has 0 radical (unpaired) electrons. The van der Waals surface area contributed by atoms with Crippen molar-refractivity contribution in [2.75, 3.05) is 31.9 Å². The Morgan fingerprint density at radius 2 is 1.72 bits per heavy atom. The Labute approximate surface area is 146 Å². The van der Waals surface area contributed by atoms with Crippen LogP contribution in [-0.4, -0.2) is 43.3 Å². The number of carbonyl (C=O) groups excluding carboxylic acids is 2. The topological polar surface area (TPSA) is 84.7 Å². The van der Waals surface area contributed by atoms with Crippen molar-refractivity contribution < 1.29 is 14.3 Å². The van der Waals surface area contributed by atoms with Crippen LogP contribution in [0.4, 0.5) is 5.69 Å². The number of anilines is 1. The number of hydrogen-bond acceptors (Lipinski definition) is 5. The maximum Gasteiger partial charge on any atom is 0.253 e. The molecule has 2 aromatic carbocycles. The second-order valence-corrected chi connectivity index (χ2v) is 5.91. The van der Waals surface area contributed by atoms with Crippen molar-refractivity contribution in [3.63, 3.8) is 0 Å². The number of hydrogen-bond donors (Lipinski definition) is 2. The van der Waals surface area contributed by atoms with Crippen LogP contribution in [0.3, 0.4) is 0 Å². The summed E-state index contributed by atoms with van der Waals surface area (Å²) in [6, 6.07) is 13.9. The molecule has 1 heterocycles. The second kappa shape index (κ2) is 7.81. The molecule has 6 nitrogen and oxygen atoms in total. The van der Waals surface area contributed by atoms with E-state index in [0.717, 1.165) is 24.9 Å². The molecule has 3 N–H and O–H groups in total. The number of amides is 1. The lowest BCUT2D eigenvalue weighted by molar-refractivity contribution is -0.113. The highest BCUT2D eigenvalue weighted by Gasteiger charge is 2.18. The van der Waals surface area contributed by atoms with Crippen molar-refractivity contribution in [2.45, 2.75) is 6.10 Å². The molecule has 0 spiro atoms. The van der Waals surface area contributed by atoms with Gasteiger partial charge in [-0.25, -0.2) is 0 Å². The van der Waals surface area contributed by atoms with Gasteiger partial charge in [-0.3, -0.25) is 9.59 Å². The van der Waals surface area contributed by atoms with Crippen molar-refractivity contribution in [3.05, 3.63) is 59.7 Å². The molecular formula is C19H21N3O3. The van der Waals surface area contributed by atoms with E-state index in [9.17, 15) is 9.59 Å². The first-order chi connectivity index (χ1) is 12.2. The lowest BCUT2D eigenvalue weighted by Crippen LogP contribution is -2.46. The van der Waals surface area contributed by atoms with Gasteiger partial charge in [0.15, 0.2) is 12.4 Å². The van der Waals surface area contributed by atoms with Crippen LogP contribution in [0, 0.1) is 0 Å². The van der Waals surface area contributed by atoms with E-state index >= 15 is 0 Å². The molecule has 1 aliphatic rings. The van der Waals surface area contributed by atoms with Crippen molar-refractivity contribution in [2.24, 2.45) is 0 Å². The maximum atomic E-state index is 12.4. The second-order valence-electron chi connectivity index (χ2n) is 5.91. The predicted octanol–water partition coefficient (Wildman–Crippen LogP) is 1.63. The van der Waals surface area contributed by atoms with Gasteiger partial charge in [0, 0.05) is 37.4 Å². The molecule has 1 fully saturated rings. The van der Waals surface area contributed by atoms with E-state index in [0.29, 0.717) is 30.1 Å². The van der Waals surface area contributed by atoms with Gasteiger partial charge in [0.25, 0.3) is 5.91 Å². The summed E-state index contributed by atoms with van der Waals surface area (Å²) in [5.74, 6) is 0.546. The van der Waals surface area contributed by atoms with Crippen LogP contribution in [0.5, 0.6) is 5.75 Å². The van der Waals surface area contributed by atoms with E-state index < -0.39 is 6.10 Å². The van der Waals surface area contributed by atoms with Crippen LogP contribution >= 0.6 is 0 Å². The molecule has 6 heteroatoms. The van der Waals surface area contributed by atoms with Crippen LogP contribution in [0.15, 0.2) is 48.5 Å². The first-order valence-electron chi connectivity index (χ1n) is 8.25. The number of benzene rings is 2. The highest BCUT2D eigenvalue weighted by atomic mass is 16.5. The van der Waals surface area contributed by atoms with E-state index in [4.69, 9.17) is 10.5 Å². The summed E-state index contributed by atoms with van der Waals surface area (Å²) >= 11 is 0. The highest BCUT2D eigenvalue weighted by Crippen LogP contribution is 2.22. The molecule has 0 bridgehead atoms. The minimum Gasteiger partial charge on any atom is -0.478 e. The van der Waals surface area contributed by atoms with Crippen molar-refractivity contribution in [3.8, 4) is 5.75 Å². The summed E-state index contributed by atoms with van der Waals surface area (Å²) in [5, 5.41) is 3.22. The van der Waals surface area contributed by atoms with Gasteiger partial charge in [0.05, 0.1) is 0 Å². The summed E-state index contributed by atoms with van der Waals surface area (Å²) in [4.78, 5) is 25.6. The number of nitrogens with zero attached hydrogens (tertiary/aromatic N) is 1. The van der Waals surface area contributed by atoms with Crippen molar-refractivity contribution >= 4 is 17.9 Å². The van der Waals surface area contributed by atoms with Gasteiger partial charge in [-0.2, -0.15) is 0 Å². The van der Waals surface area contributed by atoms with Crippen LogP contribution in [0.25, 0.3) is 0 Å². The molecule has 1 amide bonds. The average Bonchev–Trinajstić information content (AvgIpc) is 2.67. The van der Waals surface area contributed by atoms with Crippen molar-refractivity contribution in [1.82, 2.24) is 10.2 Å². The number of nitrogens with two attached hydrogens (primary N) is 1. The fourth-order valence-corrected chi connectivity index (χ4v) is 2.73. The zero-order valence-corrected chi connectivity index (χ0v) is 13.9. The number of rotatable bonds is 5. The van der Waals surface area contributed by atoms with Crippen molar-refractivity contribution in [1.29, 1.82) is 0 Å². The molecule has 1 unspecified atom stereocenters. The molecular weight excluding hydrogens is 318 g/mol. The Morgan fingerprint density at radius 3 is 2.32 bits per heavy atom. The van der Waals surface area contributed by atoms with Crippen LogP contribution < -0.4 is 15.8 Å². The Hall–Kier alpha value is -2.86. The summed E-state index contributed by atoms with van der Waals surface area (Å²) in [6.45, 7) is 3.05. The summed E-state index contributed by atoms with van der Waals surface area (Å²) in [6.07, 6.45) is 0.0287. The number of nitrogen functional groups attached to an aromatic ring is 1. The highest BCUT2D eigenvalue weighted by molar-refractivity contribution is 5.94. The lowest BCUT2D eigenvalue weighted by atomic mass is 10.1. The monoisotopic (exact) mass is 339 g/mol. The SMILES string of the molecule is Nc1ccc(C(C=O)Oc2ccc(C(=O)N3CCNCC3)cc2)cc1. The Bertz CT molecular complexity index is 723. The molecule has 1 saturated heterocycles. The molecule has 0 saturated carbocycles. The third-order valence-electron chi connectivity index (χ3n) is 4.16. The predicted molar refractivity (Wildman–Crippen MR) is 95.5 cm³/mol. The molecule has 0 aliphatic carbocycles. The number of aldehydes is 1. The van der Waals surface area contributed by atoms with Gasteiger partial charge < -0.3 is 20.7 Å². The van der Waals surface area contributed by atoms with E-state index in [1.165, 1.54) is 0 Å². The fraction of sp³-hybridized carbons (Fsp3) is 0.263. The molecule has 130 valence electrons. The van der Waals surface area contributed by atoms with E-state index in [1.54, 1.807) is 48.5 Å². The molecule has 25 heavy (non-hydrogen) atoms. The first-order valence-corrected chi connectivity index (χ1v) is 8.25. The largest absolute Gasteiger partial charge is 0.478 e. The number of nitrogens with one attached hydrogen (secondary N) is 1. The first kappa shape index (κ1) is 17.0. The molecule has 1 aliphatic heterocycles. The van der Waals surface area contributed by atoms with Gasteiger partial charge in [0.2, 0.25) is 0 Å². The zero-order chi connectivity index (χ0) is 17.6. The van der Waals surface area contributed by atoms with Gasteiger partial charge in [-0.05, 0) is 42.0 Å². The number of piperazine rings is 1. The standard InChI is InChI=1S/C19H21N3O3/c20-16-5-1-14(2-6-16)18(13-23)25-17-7-3-15(4-8-17)19(24)22-11-9-21-10-12-22/h1-8,13,18,21H,9-12,20H2. The summed E-state index contributed by atoms with van der Waals surface area (Å²) in [5.41, 5.74) is 7.63. The smallest absolute Gasteiger partial charge is 0.253 e. The molecule has 3 rings (SSSR count). The minimum atomic E-state index is -0.713. The third-order valence-corrected chi connectivity index (χ3v) is 4.16. The third kappa shape index (κ3) is 4.16. The molecule has 1 atom stereocenters. The zero-order valence-electron chi connectivity index (χ0n) is 13.9. The van der Waals surface area contributed by atoms with E-state index in [2.05, 4.69) is 5.32 Å². The molecule has 2 aromatic rings. The van der Waals surface area contributed by atoms with E-state index in [1.807, 2.05) is 4.90 Å². The van der Waals surface area contributed by atoms with Crippen LogP contribution in [0.2, 0.25) is 0 Å². The van der Waals surface area contributed by atoms with Gasteiger partial charge in [-0.15, -0.1) is 0 Å². The quantitative estimate of drug-likeness (QED) is 0.639. The maximum absolute atomic E-state index is 12.4. The number of ether oxygens (including phenoxy) is 1. The fourth-order valence-electron chi connectivity index (χ4n) is 2.73. The van der Waals surface area contributed by atoms with Gasteiger partial charge in [0.1, 0.15) is 5.75 Å². The Morgan fingerprint density at radius 1 is 1.08 bits per heavy atom.